The number of nitrogens with one attached hydrogen (secondary N) is 3. The summed E-state index contributed by atoms with van der Waals surface area (Å²) in [7, 11) is 0. The second-order valence-corrected chi connectivity index (χ2v) is 8.13. The first-order chi connectivity index (χ1) is 14.1. The number of hydrogen-bond donors (Lipinski definition) is 3. The van der Waals surface area contributed by atoms with E-state index in [1.165, 1.54) is 67.7 Å². The van der Waals surface area contributed by atoms with Gasteiger partial charge in [0.1, 0.15) is 5.82 Å². The Bertz CT molecular complexity index is 803. The summed E-state index contributed by atoms with van der Waals surface area (Å²) in [6.07, 6.45) is 7.58. The van der Waals surface area contributed by atoms with Crippen molar-refractivity contribution in [3.05, 3.63) is 46.7 Å². The fourth-order valence-electron chi connectivity index (χ4n) is 3.37. The molecule has 1 fully saturated rings. The van der Waals surface area contributed by atoms with Crippen LogP contribution in [-0.4, -0.2) is 35.9 Å². The van der Waals surface area contributed by atoms with Gasteiger partial charge in [-0.2, -0.15) is 0 Å². The quantitative estimate of drug-likeness (QED) is 0.544. The van der Waals surface area contributed by atoms with Crippen LogP contribution in [0.3, 0.4) is 0 Å². The van der Waals surface area contributed by atoms with E-state index in [0.717, 1.165) is 13.0 Å². The third-order valence-corrected chi connectivity index (χ3v) is 5.74. The number of anilines is 1. The summed E-state index contributed by atoms with van der Waals surface area (Å²) in [5.41, 5.74) is 0.963. The van der Waals surface area contributed by atoms with Crippen LogP contribution >= 0.6 is 11.3 Å². The molecule has 2 aromatic rings. The van der Waals surface area contributed by atoms with E-state index in [-0.39, 0.29) is 18.2 Å². The van der Waals surface area contributed by atoms with Gasteiger partial charge in [0.15, 0.2) is 5.13 Å². The van der Waals surface area contributed by atoms with E-state index in [4.69, 9.17) is 0 Å². The van der Waals surface area contributed by atoms with Gasteiger partial charge >= 0.3 is 0 Å². The minimum atomic E-state index is -0.395. The Morgan fingerprint density at radius 1 is 1.10 bits per heavy atom. The molecule has 3 rings (SSSR count). The number of carbonyl (C=O) groups excluding carboxylic acids is 2. The Balaban J connectivity index is 1.34. The topological polar surface area (TPSA) is 83.1 Å². The Morgan fingerprint density at radius 2 is 1.86 bits per heavy atom. The van der Waals surface area contributed by atoms with E-state index < -0.39 is 5.82 Å². The van der Waals surface area contributed by atoms with Crippen molar-refractivity contribution in [1.82, 2.24) is 15.6 Å². The van der Waals surface area contributed by atoms with Crippen LogP contribution < -0.4 is 16.0 Å². The molecule has 6 nitrogen and oxygen atoms in total. The first-order valence-electron chi connectivity index (χ1n) is 10.1. The average Bonchev–Trinajstić information content (AvgIpc) is 3.15. The molecule has 1 heterocycles. The number of hydrogen-bond acceptors (Lipinski definition) is 5. The molecule has 1 aliphatic carbocycles. The molecule has 1 saturated carbocycles. The van der Waals surface area contributed by atoms with Crippen LogP contribution in [0.4, 0.5) is 9.52 Å². The number of aromatic nitrogens is 1. The lowest BCUT2D eigenvalue weighted by Gasteiger charge is -2.22. The number of nitrogens with zero attached hydrogens (tertiary/aromatic N) is 1. The minimum absolute atomic E-state index is 0.0793. The fourth-order valence-corrected chi connectivity index (χ4v) is 4.08. The standard InChI is InChI=1S/C21H27FN4O2S/c22-16-9-7-15(8-10-16)20(28)26-21-25-18(14-29-21)13-19(27)24-12-4-11-23-17-5-2-1-3-6-17/h7-10,14,17,23H,1-6,11-13H2,(H,24,27)(H,25,26,28). The van der Waals surface area contributed by atoms with Crippen LogP contribution in [0, 0.1) is 5.82 Å². The number of carbonyl (C=O) groups is 2. The van der Waals surface area contributed by atoms with E-state index >= 15 is 0 Å². The normalized spacial score (nSPS) is 14.5. The van der Waals surface area contributed by atoms with Gasteiger partial charge in [-0.15, -0.1) is 11.3 Å². The van der Waals surface area contributed by atoms with Gasteiger partial charge in [-0.1, -0.05) is 19.3 Å². The monoisotopic (exact) mass is 418 g/mol. The van der Waals surface area contributed by atoms with E-state index in [0.29, 0.717) is 29.0 Å². The molecule has 3 N–H and O–H groups in total. The van der Waals surface area contributed by atoms with Crippen molar-refractivity contribution in [2.45, 2.75) is 51.0 Å². The molecule has 0 unspecified atom stereocenters. The molecule has 8 heteroatoms. The Morgan fingerprint density at radius 3 is 2.62 bits per heavy atom. The Hall–Kier alpha value is -2.32. The van der Waals surface area contributed by atoms with Crippen LogP contribution in [0.25, 0.3) is 0 Å². The minimum Gasteiger partial charge on any atom is -0.356 e. The van der Waals surface area contributed by atoms with Crippen LogP contribution in [0.2, 0.25) is 0 Å². The Kier molecular flexibility index (Phi) is 8.13. The van der Waals surface area contributed by atoms with Crippen molar-refractivity contribution < 1.29 is 14.0 Å². The van der Waals surface area contributed by atoms with Crippen molar-refractivity contribution in [2.75, 3.05) is 18.4 Å². The molecule has 0 spiro atoms. The summed E-state index contributed by atoms with van der Waals surface area (Å²) < 4.78 is 12.9. The van der Waals surface area contributed by atoms with Crippen LogP contribution in [-0.2, 0) is 11.2 Å². The molecular formula is C21H27FN4O2S. The lowest BCUT2D eigenvalue weighted by Crippen LogP contribution is -2.34. The van der Waals surface area contributed by atoms with E-state index in [1.807, 2.05) is 0 Å². The molecule has 156 valence electrons. The van der Waals surface area contributed by atoms with Gasteiger partial charge in [0.2, 0.25) is 5.91 Å². The summed E-state index contributed by atoms with van der Waals surface area (Å²) in [4.78, 5) is 28.5. The Labute approximate surface area is 174 Å². The second kappa shape index (κ2) is 11.0. The molecule has 0 bridgehead atoms. The molecule has 1 aromatic heterocycles. The number of amides is 2. The predicted octanol–water partition coefficient (Wildman–Crippen LogP) is 3.51. The number of rotatable bonds is 9. The first kappa shape index (κ1) is 21.4. The largest absolute Gasteiger partial charge is 0.356 e. The summed E-state index contributed by atoms with van der Waals surface area (Å²) in [6.45, 7) is 1.55. The predicted molar refractivity (Wildman–Crippen MR) is 113 cm³/mol. The van der Waals surface area contributed by atoms with Gasteiger partial charge in [-0.05, 0) is 50.1 Å². The maximum atomic E-state index is 12.9. The smallest absolute Gasteiger partial charge is 0.257 e. The second-order valence-electron chi connectivity index (χ2n) is 7.27. The molecule has 2 amide bonds. The molecule has 29 heavy (non-hydrogen) atoms. The third kappa shape index (κ3) is 7.21. The maximum absolute atomic E-state index is 12.9. The van der Waals surface area contributed by atoms with Crippen LogP contribution in [0.1, 0.15) is 54.6 Å². The van der Waals surface area contributed by atoms with E-state index in [9.17, 15) is 14.0 Å². The van der Waals surface area contributed by atoms with Gasteiger partial charge in [-0.3, -0.25) is 14.9 Å². The van der Waals surface area contributed by atoms with Crippen molar-refractivity contribution in [1.29, 1.82) is 0 Å². The molecule has 0 radical (unpaired) electrons. The lowest BCUT2D eigenvalue weighted by atomic mass is 9.95. The van der Waals surface area contributed by atoms with Crippen molar-refractivity contribution >= 4 is 28.3 Å². The SMILES string of the molecule is O=C(Cc1csc(NC(=O)c2ccc(F)cc2)n1)NCCCNC1CCCCC1. The van der Waals surface area contributed by atoms with Gasteiger partial charge in [0.05, 0.1) is 12.1 Å². The lowest BCUT2D eigenvalue weighted by molar-refractivity contribution is -0.120. The highest BCUT2D eigenvalue weighted by Gasteiger charge is 2.13. The zero-order valence-electron chi connectivity index (χ0n) is 16.4. The highest BCUT2D eigenvalue weighted by molar-refractivity contribution is 7.14. The zero-order valence-corrected chi connectivity index (χ0v) is 17.2. The molecule has 1 aliphatic rings. The average molecular weight is 419 g/mol. The summed E-state index contributed by atoms with van der Waals surface area (Å²) in [6, 6.07) is 5.93. The molecule has 0 atom stereocenters. The number of benzene rings is 1. The van der Waals surface area contributed by atoms with Crippen molar-refractivity contribution in [2.24, 2.45) is 0 Å². The van der Waals surface area contributed by atoms with Crippen LogP contribution in [0.15, 0.2) is 29.6 Å². The number of halogens is 1. The molecule has 0 aliphatic heterocycles. The highest BCUT2D eigenvalue weighted by Crippen LogP contribution is 2.18. The number of thiazole rings is 1. The van der Waals surface area contributed by atoms with Gasteiger partial charge < -0.3 is 10.6 Å². The van der Waals surface area contributed by atoms with E-state index in [1.54, 1.807) is 5.38 Å². The third-order valence-electron chi connectivity index (χ3n) is 4.93. The van der Waals surface area contributed by atoms with Gasteiger partial charge in [0, 0.05) is 23.5 Å². The zero-order chi connectivity index (χ0) is 20.5. The summed E-state index contributed by atoms with van der Waals surface area (Å²) in [5.74, 6) is -0.834. The van der Waals surface area contributed by atoms with E-state index in [2.05, 4.69) is 20.9 Å². The summed E-state index contributed by atoms with van der Waals surface area (Å²) in [5, 5.41) is 11.3. The first-order valence-corrected chi connectivity index (χ1v) is 11.0. The fraction of sp³-hybridized carbons (Fsp3) is 0.476. The van der Waals surface area contributed by atoms with Crippen LogP contribution in [0.5, 0.6) is 0 Å². The molecule has 1 aromatic carbocycles. The molecule has 0 saturated heterocycles. The van der Waals surface area contributed by atoms with Crippen molar-refractivity contribution in [3.8, 4) is 0 Å². The maximum Gasteiger partial charge on any atom is 0.257 e. The van der Waals surface area contributed by atoms with Crippen molar-refractivity contribution in [3.63, 3.8) is 0 Å². The summed E-state index contributed by atoms with van der Waals surface area (Å²) >= 11 is 1.26. The van der Waals surface area contributed by atoms with Gasteiger partial charge in [0.25, 0.3) is 5.91 Å². The molecular weight excluding hydrogens is 391 g/mol. The highest BCUT2D eigenvalue weighted by atomic mass is 32.1. The van der Waals surface area contributed by atoms with Gasteiger partial charge in [-0.25, -0.2) is 9.37 Å².